The molecule has 5 nitrogen and oxygen atoms in total. The maximum atomic E-state index is 11.9. The highest BCUT2D eigenvalue weighted by Gasteiger charge is 2.12. The molecule has 1 N–H and O–H groups in total. The molecule has 0 unspecified atom stereocenters. The summed E-state index contributed by atoms with van der Waals surface area (Å²) in [4.78, 5) is 22.0. The third-order valence-corrected chi connectivity index (χ3v) is 3.50. The van der Waals surface area contributed by atoms with Crippen LogP contribution < -0.4 is 5.32 Å². The summed E-state index contributed by atoms with van der Waals surface area (Å²) >= 11 is 1.42. The molecule has 0 aliphatic heterocycles. The molecule has 19 heavy (non-hydrogen) atoms. The summed E-state index contributed by atoms with van der Waals surface area (Å²) in [5.41, 5.74) is 1.84. The van der Waals surface area contributed by atoms with Crippen LogP contribution in [0.25, 0.3) is 11.3 Å². The number of rotatable bonds is 4. The van der Waals surface area contributed by atoms with E-state index >= 15 is 0 Å². The fourth-order valence-electron chi connectivity index (χ4n) is 1.67. The van der Waals surface area contributed by atoms with Gasteiger partial charge < -0.3 is 4.90 Å². The Balaban J connectivity index is 2.08. The van der Waals surface area contributed by atoms with Gasteiger partial charge in [0.25, 0.3) is 0 Å². The summed E-state index contributed by atoms with van der Waals surface area (Å²) < 4.78 is 0. The molecule has 6 heteroatoms. The second kappa shape index (κ2) is 6.29. The van der Waals surface area contributed by atoms with Gasteiger partial charge in [-0.15, -0.1) is 11.3 Å². The number of hydrogen-bond donors (Lipinski definition) is 1. The fraction of sp³-hybridized carbons (Fsp3) is 0.308. The Hall–Kier alpha value is -1.95. The number of carbonyl (C=O) groups is 1. The zero-order valence-electron chi connectivity index (χ0n) is 11.0. The lowest BCUT2D eigenvalue weighted by Crippen LogP contribution is -2.34. The molecule has 2 rings (SSSR count). The van der Waals surface area contributed by atoms with E-state index in [0.717, 1.165) is 11.3 Å². The second-order valence-corrected chi connectivity index (χ2v) is 4.73. The third-order valence-electron chi connectivity index (χ3n) is 2.74. The van der Waals surface area contributed by atoms with E-state index in [4.69, 9.17) is 0 Å². The van der Waals surface area contributed by atoms with Gasteiger partial charge >= 0.3 is 6.03 Å². The SMILES string of the molecule is CCN(CC)C(=O)Nc1nc(-c2ccncc2)cs1. The number of aromatic nitrogens is 2. The highest BCUT2D eigenvalue weighted by Crippen LogP contribution is 2.24. The van der Waals surface area contributed by atoms with Crippen LogP contribution in [0.1, 0.15) is 13.8 Å². The first kappa shape index (κ1) is 13.5. The van der Waals surface area contributed by atoms with Crippen molar-refractivity contribution in [1.29, 1.82) is 0 Å². The first-order chi connectivity index (χ1) is 9.24. The summed E-state index contributed by atoms with van der Waals surface area (Å²) in [6.45, 7) is 5.27. The highest BCUT2D eigenvalue weighted by molar-refractivity contribution is 7.14. The number of anilines is 1. The van der Waals surface area contributed by atoms with Crippen LogP contribution in [-0.4, -0.2) is 34.0 Å². The van der Waals surface area contributed by atoms with Crippen LogP contribution in [-0.2, 0) is 0 Å². The standard InChI is InChI=1S/C13H16N4OS/c1-3-17(4-2)13(18)16-12-15-11(9-19-12)10-5-7-14-8-6-10/h5-9H,3-4H2,1-2H3,(H,15,16,18). The predicted octanol–water partition coefficient (Wildman–Crippen LogP) is 3.08. The average molecular weight is 276 g/mol. The molecule has 0 bridgehead atoms. The van der Waals surface area contributed by atoms with Gasteiger partial charge in [0, 0.05) is 36.4 Å². The largest absolute Gasteiger partial charge is 0.325 e. The Morgan fingerprint density at radius 1 is 1.32 bits per heavy atom. The van der Waals surface area contributed by atoms with Crippen LogP contribution in [0.3, 0.4) is 0 Å². The van der Waals surface area contributed by atoms with Crippen LogP contribution in [0.15, 0.2) is 29.9 Å². The van der Waals surface area contributed by atoms with E-state index in [9.17, 15) is 4.79 Å². The number of hydrogen-bond acceptors (Lipinski definition) is 4. The van der Waals surface area contributed by atoms with Crippen molar-refractivity contribution in [3.63, 3.8) is 0 Å². The van der Waals surface area contributed by atoms with E-state index in [1.165, 1.54) is 11.3 Å². The molecule has 0 spiro atoms. The van der Waals surface area contributed by atoms with Gasteiger partial charge in [0.15, 0.2) is 5.13 Å². The molecule has 2 heterocycles. The number of pyridine rings is 1. The topological polar surface area (TPSA) is 58.1 Å². The second-order valence-electron chi connectivity index (χ2n) is 3.88. The quantitative estimate of drug-likeness (QED) is 0.933. The molecule has 0 fully saturated rings. The molecular weight excluding hydrogens is 260 g/mol. The predicted molar refractivity (Wildman–Crippen MR) is 77.3 cm³/mol. The minimum atomic E-state index is -0.111. The lowest BCUT2D eigenvalue weighted by molar-refractivity contribution is 0.217. The molecule has 0 aliphatic carbocycles. The molecule has 100 valence electrons. The van der Waals surface area contributed by atoms with Gasteiger partial charge in [0.2, 0.25) is 0 Å². The maximum Gasteiger partial charge on any atom is 0.323 e. The molecular formula is C13H16N4OS. The third kappa shape index (κ3) is 3.29. The molecule has 2 amide bonds. The van der Waals surface area contributed by atoms with E-state index in [2.05, 4.69) is 15.3 Å². The molecule has 2 aromatic heterocycles. The zero-order valence-corrected chi connectivity index (χ0v) is 11.8. The molecule has 0 aromatic carbocycles. The Morgan fingerprint density at radius 3 is 2.63 bits per heavy atom. The van der Waals surface area contributed by atoms with Gasteiger partial charge in [0.1, 0.15) is 0 Å². The van der Waals surface area contributed by atoms with E-state index in [0.29, 0.717) is 18.2 Å². The van der Waals surface area contributed by atoms with Gasteiger partial charge in [0.05, 0.1) is 5.69 Å². The zero-order chi connectivity index (χ0) is 13.7. The van der Waals surface area contributed by atoms with E-state index in [1.807, 2.05) is 31.4 Å². The number of nitrogens with one attached hydrogen (secondary N) is 1. The first-order valence-electron chi connectivity index (χ1n) is 6.16. The highest BCUT2D eigenvalue weighted by atomic mass is 32.1. The van der Waals surface area contributed by atoms with Crippen molar-refractivity contribution in [2.45, 2.75) is 13.8 Å². The lowest BCUT2D eigenvalue weighted by Gasteiger charge is -2.17. The van der Waals surface area contributed by atoms with Crippen molar-refractivity contribution in [1.82, 2.24) is 14.9 Å². The van der Waals surface area contributed by atoms with Gasteiger partial charge in [-0.1, -0.05) is 0 Å². The Kier molecular flexibility index (Phi) is 4.46. The van der Waals surface area contributed by atoms with Crippen molar-refractivity contribution in [2.24, 2.45) is 0 Å². The van der Waals surface area contributed by atoms with Crippen LogP contribution in [0.2, 0.25) is 0 Å². The Bertz CT molecular complexity index is 537. The smallest absolute Gasteiger partial charge is 0.323 e. The van der Waals surface area contributed by atoms with Crippen molar-refractivity contribution in [2.75, 3.05) is 18.4 Å². The number of carbonyl (C=O) groups excluding carboxylic acids is 1. The number of urea groups is 1. The van der Waals surface area contributed by atoms with Gasteiger partial charge in [-0.05, 0) is 26.0 Å². The van der Waals surface area contributed by atoms with Crippen LogP contribution in [0, 0.1) is 0 Å². The Morgan fingerprint density at radius 2 is 2.00 bits per heavy atom. The van der Waals surface area contributed by atoms with Gasteiger partial charge in [-0.25, -0.2) is 9.78 Å². The summed E-state index contributed by atoms with van der Waals surface area (Å²) in [6, 6.07) is 3.68. The van der Waals surface area contributed by atoms with Gasteiger partial charge in [-0.3, -0.25) is 10.3 Å². The molecule has 0 aliphatic rings. The van der Waals surface area contributed by atoms with Crippen LogP contribution in [0.4, 0.5) is 9.93 Å². The van der Waals surface area contributed by atoms with Crippen molar-refractivity contribution in [3.05, 3.63) is 29.9 Å². The molecule has 2 aromatic rings. The first-order valence-corrected chi connectivity index (χ1v) is 7.04. The number of amides is 2. The van der Waals surface area contributed by atoms with Crippen LogP contribution in [0.5, 0.6) is 0 Å². The minimum Gasteiger partial charge on any atom is -0.325 e. The summed E-state index contributed by atoms with van der Waals surface area (Å²) in [5.74, 6) is 0. The molecule has 0 radical (unpaired) electrons. The maximum absolute atomic E-state index is 11.9. The minimum absolute atomic E-state index is 0.111. The molecule has 0 saturated carbocycles. The summed E-state index contributed by atoms with van der Waals surface area (Å²) in [5, 5.41) is 5.35. The summed E-state index contributed by atoms with van der Waals surface area (Å²) in [6.07, 6.45) is 3.45. The van der Waals surface area contributed by atoms with E-state index < -0.39 is 0 Å². The summed E-state index contributed by atoms with van der Waals surface area (Å²) in [7, 11) is 0. The number of thiazole rings is 1. The van der Waals surface area contributed by atoms with E-state index in [1.54, 1.807) is 17.3 Å². The van der Waals surface area contributed by atoms with E-state index in [-0.39, 0.29) is 6.03 Å². The lowest BCUT2D eigenvalue weighted by atomic mass is 10.2. The normalized spacial score (nSPS) is 10.2. The van der Waals surface area contributed by atoms with Crippen LogP contribution >= 0.6 is 11.3 Å². The van der Waals surface area contributed by atoms with Crippen molar-refractivity contribution < 1.29 is 4.79 Å². The van der Waals surface area contributed by atoms with Crippen molar-refractivity contribution >= 4 is 22.5 Å². The molecule has 0 saturated heterocycles. The fourth-order valence-corrected chi connectivity index (χ4v) is 2.38. The van der Waals surface area contributed by atoms with Gasteiger partial charge in [-0.2, -0.15) is 0 Å². The molecule has 0 atom stereocenters. The monoisotopic (exact) mass is 276 g/mol. The average Bonchev–Trinajstić information content (AvgIpc) is 2.89. The number of nitrogens with zero attached hydrogens (tertiary/aromatic N) is 3. The Labute approximate surface area is 116 Å². The van der Waals surface area contributed by atoms with Crippen molar-refractivity contribution in [3.8, 4) is 11.3 Å².